The summed E-state index contributed by atoms with van der Waals surface area (Å²) in [7, 11) is 0. The molecule has 1 atom stereocenters. The number of carbonyl (C=O) groups excluding carboxylic acids is 1. The lowest BCUT2D eigenvalue weighted by atomic mass is 9.93. The fourth-order valence-corrected chi connectivity index (χ4v) is 4.81. The van der Waals surface area contributed by atoms with Crippen LogP contribution in [0.3, 0.4) is 0 Å². The van der Waals surface area contributed by atoms with E-state index in [1.807, 2.05) is 36.1 Å². The van der Waals surface area contributed by atoms with Crippen molar-refractivity contribution in [2.75, 3.05) is 0 Å². The van der Waals surface area contributed by atoms with Crippen LogP contribution in [-0.4, -0.2) is 15.8 Å². The molecule has 1 aliphatic rings. The zero-order valence-electron chi connectivity index (χ0n) is 17.5. The molecule has 154 valence electrons. The molecular weight excluding hydrogens is 448 g/mol. The summed E-state index contributed by atoms with van der Waals surface area (Å²) < 4.78 is 1.04. The first-order valence-electron chi connectivity index (χ1n) is 10.4. The molecule has 5 rings (SSSR count). The summed E-state index contributed by atoms with van der Waals surface area (Å²) in [6, 6.07) is 26.8. The molecule has 4 heteroatoms. The van der Waals surface area contributed by atoms with Gasteiger partial charge in [0, 0.05) is 33.1 Å². The summed E-state index contributed by atoms with van der Waals surface area (Å²) in [4.78, 5) is 19.0. The Bertz CT molecular complexity index is 1300. The normalized spacial score (nSPS) is 16.5. The number of fused-ring (bicyclic) bond motifs is 1. The Kier molecular flexibility index (Phi) is 5.03. The Morgan fingerprint density at radius 3 is 2.32 bits per heavy atom. The highest BCUT2D eigenvalue weighted by Gasteiger charge is 2.38. The van der Waals surface area contributed by atoms with Crippen LogP contribution in [0.15, 0.2) is 94.5 Å². The number of para-hydroxylation sites is 1. The van der Waals surface area contributed by atoms with Crippen molar-refractivity contribution in [3.05, 3.63) is 106 Å². The molecular formula is C27H23BrN2O. The van der Waals surface area contributed by atoms with Gasteiger partial charge in [-0.2, -0.15) is 0 Å². The SMILES string of the molecule is CC1=C(C)C(c2c(-c3ccc(Br)cc3)[nH]c3ccccc23)N(Cc2ccccc2)C1=O. The van der Waals surface area contributed by atoms with Gasteiger partial charge in [0.2, 0.25) is 0 Å². The minimum Gasteiger partial charge on any atom is -0.354 e. The van der Waals surface area contributed by atoms with Gasteiger partial charge in [-0.3, -0.25) is 4.79 Å². The molecule has 2 heterocycles. The van der Waals surface area contributed by atoms with E-state index in [0.29, 0.717) is 6.54 Å². The van der Waals surface area contributed by atoms with E-state index in [-0.39, 0.29) is 11.9 Å². The predicted molar refractivity (Wildman–Crippen MR) is 130 cm³/mol. The summed E-state index contributed by atoms with van der Waals surface area (Å²) in [5, 5.41) is 1.16. The number of hydrogen-bond acceptors (Lipinski definition) is 1. The number of hydrogen-bond donors (Lipinski definition) is 1. The Balaban J connectivity index is 1.71. The van der Waals surface area contributed by atoms with Crippen molar-refractivity contribution < 1.29 is 4.79 Å². The third-order valence-corrected chi connectivity index (χ3v) is 6.77. The molecule has 1 aromatic heterocycles. The molecule has 0 fully saturated rings. The van der Waals surface area contributed by atoms with Gasteiger partial charge in [0.1, 0.15) is 0 Å². The van der Waals surface area contributed by atoms with E-state index in [2.05, 4.69) is 82.4 Å². The van der Waals surface area contributed by atoms with Gasteiger partial charge in [-0.25, -0.2) is 0 Å². The zero-order chi connectivity index (χ0) is 21.5. The lowest BCUT2D eigenvalue weighted by Crippen LogP contribution is -2.29. The monoisotopic (exact) mass is 470 g/mol. The molecule has 4 aromatic rings. The standard InChI is InChI=1S/C27H23BrN2O/c1-17-18(2)27(31)30(16-19-8-4-3-5-9-19)26(17)24-22-10-6-7-11-23(22)29-25(24)20-12-14-21(28)15-13-20/h3-15,26,29H,16H2,1-2H3. The van der Waals surface area contributed by atoms with Crippen molar-refractivity contribution in [2.24, 2.45) is 0 Å². The van der Waals surface area contributed by atoms with Gasteiger partial charge in [0.15, 0.2) is 0 Å². The lowest BCUT2D eigenvalue weighted by Gasteiger charge is -2.28. The molecule has 0 spiro atoms. The summed E-state index contributed by atoms with van der Waals surface area (Å²) in [6.45, 7) is 4.62. The van der Waals surface area contributed by atoms with E-state index in [1.54, 1.807) is 0 Å². The van der Waals surface area contributed by atoms with Crippen molar-refractivity contribution in [3.63, 3.8) is 0 Å². The second-order valence-electron chi connectivity index (χ2n) is 8.10. The zero-order valence-corrected chi connectivity index (χ0v) is 19.1. The van der Waals surface area contributed by atoms with E-state index >= 15 is 0 Å². The second-order valence-corrected chi connectivity index (χ2v) is 9.01. The number of nitrogens with one attached hydrogen (secondary N) is 1. The van der Waals surface area contributed by atoms with Crippen LogP contribution in [0.25, 0.3) is 22.2 Å². The maximum atomic E-state index is 13.3. The first-order valence-corrected chi connectivity index (χ1v) is 11.2. The van der Waals surface area contributed by atoms with Gasteiger partial charge in [0.05, 0.1) is 11.7 Å². The van der Waals surface area contributed by atoms with Crippen LogP contribution in [-0.2, 0) is 11.3 Å². The van der Waals surface area contributed by atoms with Crippen LogP contribution >= 0.6 is 15.9 Å². The fraction of sp³-hybridized carbons (Fsp3) is 0.148. The van der Waals surface area contributed by atoms with Gasteiger partial charge >= 0.3 is 0 Å². The van der Waals surface area contributed by atoms with Crippen molar-refractivity contribution >= 4 is 32.7 Å². The molecule has 31 heavy (non-hydrogen) atoms. The van der Waals surface area contributed by atoms with Crippen LogP contribution in [0.1, 0.15) is 31.0 Å². The van der Waals surface area contributed by atoms with Crippen molar-refractivity contribution in [1.82, 2.24) is 9.88 Å². The van der Waals surface area contributed by atoms with Crippen LogP contribution in [0.5, 0.6) is 0 Å². The predicted octanol–water partition coefficient (Wildman–Crippen LogP) is 7.02. The molecule has 0 bridgehead atoms. The number of halogens is 1. The average Bonchev–Trinajstić information content (AvgIpc) is 3.26. The highest BCUT2D eigenvalue weighted by Crippen LogP contribution is 2.45. The minimum absolute atomic E-state index is 0.109. The Morgan fingerprint density at radius 2 is 1.58 bits per heavy atom. The summed E-state index contributed by atoms with van der Waals surface area (Å²) in [6.07, 6.45) is 0. The quantitative estimate of drug-likeness (QED) is 0.341. The third-order valence-electron chi connectivity index (χ3n) is 6.24. The maximum absolute atomic E-state index is 13.3. The third kappa shape index (κ3) is 3.41. The average molecular weight is 471 g/mol. The molecule has 0 saturated heterocycles. The van der Waals surface area contributed by atoms with E-state index in [1.165, 1.54) is 0 Å². The number of aromatic nitrogens is 1. The molecule has 3 aromatic carbocycles. The van der Waals surface area contributed by atoms with Crippen molar-refractivity contribution in [1.29, 1.82) is 0 Å². The largest absolute Gasteiger partial charge is 0.354 e. The van der Waals surface area contributed by atoms with Gasteiger partial charge in [-0.05, 0) is 48.7 Å². The molecule has 1 unspecified atom stereocenters. The number of carbonyl (C=O) groups is 1. The Labute approximate surface area is 190 Å². The number of aromatic amines is 1. The summed E-state index contributed by atoms with van der Waals surface area (Å²) >= 11 is 3.54. The van der Waals surface area contributed by atoms with Crippen molar-refractivity contribution in [3.8, 4) is 11.3 Å². The highest BCUT2D eigenvalue weighted by atomic mass is 79.9. The molecule has 0 aliphatic carbocycles. The van der Waals surface area contributed by atoms with Crippen LogP contribution < -0.4 is 0 Å². The van der Waals surface area contributed by atoms with Crippen LogP contribution in [0, 0.1) is 0 Å². The maximum Gasteiger partial charge on any atom is 0.250 e. The molecule has 0 radical (unpaired) electrons. The van der Waals surface area contributed by atoms with E-state index in [9.17, 15) is 4.79 Å². The first-order chi connectivity index (χ1) is 15.0. The summed E-state index contributed by atoms with van der Waals surface area (Å²) in [5.74, 6) is 0.110. The molecule has 0 saturated carbocycles. The van der Waals surface area contributed by atoms with E-state index < -0.39 is 0 Å². The van der Waals surface area contributed by atoms with Crippen LogP contribution in [0.4, 0.5) is 0 Å². The first kappa shape index (κ1) is 19.8. The number of amides is 1. The lowest BCUT2D eigenvalue weighted by molar-refractivity contribution is -0.127. The topological polar surface area (TPSA) is 36.1 Å². The number of rotatable bonds is 4. The minimum atomic E-state index is -0.109. The van der Waals surface area contributed by atoms with Gasteiger partial charge in [-0.1, -0.05) is 76.6 Å². The van der Waals surface area contributed by atoms with Crippen LogP contribution in [0.2, 0.25) is 0 Å². The Hall–Kier alpha value is -3.11. The van der Waals surface area contributed by atoms with Gasteiger partial charge < -0.3 is 9.88 Å². The van der Waals surface area contributed by atoms with Gasteiger partial charge in [-0.15, -0.1) is 0 Å². The fourth-order valence-electron chi connectivity index (χ4n) is 4.55. The number of H-pyrrole nitrogens is 1. The molecule has 1 amide bonds. The smallest absolute Gasteiger partial charge is 0.250 e. The highest BCUT2D eigenvalue weighted by molar-refractivity contribution is 9.10. The van der Waals surface area contributed by atoms with E-state index in [0.717, 1.165) is 48.9 Å². The molecule has 3 nitrogen and oxygen atoms in total. The summed E-state index contributed by atoms with van der Waals surface area (Å²) in [5.41, 5.74) is 7.51. The number of benzene rings is 3. The van der Waals surface area contributed by atoms with Gasteiger partial charge in [0.25, 0.3) is 5.91 Å². The Morgan fingerprint density at radius 1 is 0.903 bits per heavy atom. The van der Waals surface area contributed by atoms with E-state index in [4.69, 9.17) is 0 Å². The molecule has 1 aliphatic heterocycles. The second kappa shape index (κ2) is 7.86. The van der Waals surface area contributed by atoms with Crippen molar-refractivity contribution in [2.45, 2.75) is 26.4 Å². The number of nitrogens with zero attached hydrogens (tertiary/aromatic N) is 1. The molecule has 1 N–H and O–H groups in total.